The molecule has 2 aromatic carbocycles. The first-order chi connectivity index (χ1) is 10.4. The lowest BCUT2D eigenvalue weighted by molar-refractivity contribution is -0.117. The molecule has 5 heteroatoms. The lowest BCUT2D eigenvalue weighted by Gasteiger charge is -2.20. The van der Waals surface area contributed by atoms with Gasteiger partial charge in [-0.15, -0.1) is 0 Å². The Morgan fingerprint density at radius 1 is 1.27 bits per heavy atom. The third-order valence-corrected chi connectivity index (χ3v) is 3.96. The van der Waals surface area contributed by atoms with E-state index in [1.54, 1.807) is 18.0 Å². The van der Waals surface area contributed by atoms with Gasteiger partial charge in [-0.3, -0.25) is 4.79 Å². The molecule has 0 N–H and O–H groups in total. The van der Waals surface area contributed by atoms with Crippen LogP contribution in [0.5, 0.6) is 5.75 Å². The number of amides is 1. The number of hydrogen-bond donors (Lipinski definition) is 0. The quantitative estimate of drug-likeness (QED) is 0.815. The Morgan fingerprint density at radius 3 is 2.59 bits per heavy atom. The molecule has 0 aromatic heterocycles. The highest BCUT2D eigenvalue weighted by molar-refractivity contribution is 9.10. The molecule has 0 aliphatic heterocycles. The molecule has 0 fully saturated rings. The molecule has 0 unspecified atom stereocenters. The van der Waals surface area contributed by atoms with Gasteiger partial charge in [0.1, 0.15) is 0 Å². The fourth-order valence-corrected chi connectivity index (χ4v) is 2.72. The van der Waals surface area contributed by atoms with Gasteiger partial charge in [-0.25, -0.2) is 4.39 Å². The number of nitrogens with zero attached hydrogens (tertiary/aromatic N) is 1. The molecule has 0 aliphatic carbocycles. The van der Waals surface area contributed by atoms with E-state index in [0.717, 1.165) is 15.7 Å². The maximum atomic E-state index is 13.7. The van der Waals surface area contributed by atoms with Gasteiger partial charge in [0.05, 0.1) is 13.5 Å². The molecular weight excluding hydrogens is 349 g/mol. The Morgan fingerprint density at radius 2 is 2.00 bits per heavy atom. The summed E-state index contributed by atoms with van der Waals surface area (Å²) in [5, 5.41) is 0. The summed E-state index contributed by atoms with van der Waals surface area (Å²) in [6.07, 6.45) is 0.132. The first kappa shape index (κ1) is 16.5. The van der Waals surface area contributed by atoms with E-state index >= 15 is 0 Å². The molecule has 0 atom stereocenters. The van der Waals surface area contributed by atoms with Gasteiger partial charge >= 0.3 is 0 Å². The van der Waals surface area contributed by atoms with Gasteiger partial charge in [-0.1, -0.05) is 22.0 Å². The van der Waals surface area contributed by atoms with Crippen molar-refractivity contribution in [3.05, 3.63) is 57.8 Å². The maximum absolute atomic E-state index is 13.7. The summed E-state index contributed by atoms with van der Waals surface area (Å²) >= 11 is 3.40. The third-order valence-electron chi connectivity index (χ3n) is 3.47. The van der Waals surface area contributed by atoms with E-state index in [-0.39, 0.29) is 18.1 Å². The number of benzene rings is 2. The Hall–Kier alpha value is -1.88. The monoisotopic (exact) mass is 365 g/mol. The highest BCUT2D eigenvalue weighted by Gasteiger charge is 2.15. The molecule has 0 saturated heterocycles. The molecule has 0 bridgehead atoms. The Bertz CT molecular complexity index is 703. The van der Waals surface area contributed by atoms with Crippen molar-refractivity contribution < 1.29 is 13.9 Å². The standard InChI is InChI=1S/C17H17BrFNO2/c1-11-8-13(18)5-6-15(11)20(2)17(21)10-12-4-7-16(22-3)14(19)9-12/h4-9H,10H2,1-3H3. The van der Waals surface area contributed by atoms with Crippen LogP contribution in [-0.2, 0) is 11.2 Å². The zero-order chi connectivity index (χ0) is 16.3. The van der Waals surface area contributed by atoms with Gasteiger partial charge in [-0.05, 0) is 48.4 Å². The summed E-state index contributed by atoms with van der Waals surface area (Å²) in [6, 6.07) is 10.3. The van der Waals surface area contributed by atoms with E-state index in [4.69, 9.17) is 4.74 Å². The van der Waals surface area contributed by atoms with Crippen molar-refractivity contribution in [1.82, 2.24) is 0 Å². The van der Waals surface area contributed by atoms with Crippen LogP contribution in [0.25, 0.3) is 0 Å². The second kappa shape index (κ2) is 6.92. The van der Waals surface area contributed by atoms with E-state index in [0.29, 0.717) is 5.56 Å². The van der Waals surface area contributed by atoms with Gasteiger partial charge in [0.2, 0.25) is 5.91 Å². The van der Waals surface area contributed by atoms with Crippen LogP contribution in [0.2, 0.25) is 0 Å². The second-order valence-corrected chi connectivity index (χ2v) is 5.94. The lowest BCUT2D eigenvalue weighted by Crippen LogP contribution is -2.28. The highest BCUT2D eigenvalue weighted by Crippen LogP contribution is 2.24. The van der Waals surface area contributed by atoms with Gasteiger partial charge in [0.25, 0.3) is 0 Å². The summed E-state index contributed by atoms with van der Waals surface area (Å²) in [7, 11) is 3.13. The summed E-state index contributed by atoms with van der Waals surface area (Å²) < 4.78 is 19.5. The molecule has 0 aliphatic rings. The van der Waals surface area contributed by atoms with E-state index in [2.05, 4.69) is 15.9 Å². The number of halogens is 2. The van der Waals surface area contributed by atoms with Crippen LogP contribution >= 0.6 is 15.9 Å². The van der Waals surface area contributed by atoms with Crippen molar-refractivity contribution in [3.63, 3.8) is 0 Å². The minimum absolute atomic E-state index is 0.102. The van der Waals surface area contributed by atoms with Crippen LogP contribution < -0.4 is 9.64 Å². The third kappa shape index (κ3) is 3.65. The smallest absolute Gasteiger partial charge is 0.231 e. The molecule has 0 heterocycles. The predicted octanol–water partition coefficient (Wildman–Crippen LogP) is 4.11. The van der Waals surface area contributed by atoms with E-state index < -0.39 is 5.82 Å². The molecule has 1 amide bonds. The van der Waals surface area contributed by atoms with Gasteiger partial charge in [0.15, 0.2) is 11.6 Å². The maximum Gasteiger partial charge on any atom is 0.231 e. The molecule has 0 saturated carbocycles. The van der Waals surface area contributed by atoms with Crippen LogP contribution in [0.15, 0.2) is 40.9 Å². The first-order valence-corrected chi connectivity index (χ1v) is 7.57. The van der Waals surface area contributed by atoms with E-state index in [1.165, 1.54) is 19.2 Å². The van der Waals surface area contributed by atoms with Crippen molar-refractivity contribution in [2.45, 2.75) is 13.3 Å². The summed E-state index contributed by atoms with van der Waals surface area (Å²) in [5.74, 6) is -0.390. The molecule has 2 aromatic rings. The van der Waals surface area contributed by atoms with Gasteiger partial charge in [-0.2, -0.15) is 0 Å². The average molecular weight is 366 g/mol. The van der Waals surface area contributed by atoms with Crippen LogP contribution in [0.1, 0.15) is 11.1 Å². The fourth-order valence-electron chi connectivity index (χ4n) is 2.24. The zero-order valence-electron chi connectivity index (χ0n) is 12.7. The SMILES string of the molecule is COc1ccc(CC(=O)N(C)c2ccc(Br)cc2C)cc1F. The van der Waals surface area contributed by atoms with E-state index in [1.807, 2.05) is 25.1 Å². The number of likely N-dealkylation sites (N-methyl/N-ethyl adjacent to an activating group) is 1. The number of hydrogen-bond acceptors (Lipinski definition) is 2. The highest BCUT2D eigenvalue weighted by atomic mass is 79.9. The topological polar surface area (TPSA) is 29.5 Å². The largest absolute Gasteiger partial charge is 0.494 e. The van der Waals surface area contributed by atoms with E-state index in [9.17, 15) is 9.18 Å². The van der Waals surface area contributed by atoms with Crippen LogP contribution in [0.4, 0.5) is 10.1 Å². The lowest BCUT2D eigenvalue weighted by atomic mass is 10.1. The average Bonchev–Trinajstić information content (AvgIpc) is 2.46. The van der Waals surface area contributed by atoms with Crippen molar-refractivity contribution in [1.29, 1.82) is 0 Å². The minimum atomic E-state index is -0.463. The number of methoxy groups -OCH3 is 1. The number of rotatable bonds is 4. The molecular formula is C17H17BrFNO2. The number of aryl methyl sites for hydroxylation is 1. The number of anilines is 1. The summed E-state index contributed by atoms with van der Waals surface area (Å²) in [6.45, 7) is 1.94. The van der Waals surface area contributed by atoms with Crippen molar-refractivity contribution in [3.8, 4) is 5.75 Å². The summed E-state index contributed by atoms with van der Waals surface area (Å²) in [5.41, 5.74) is 2.44. The van der Waals surface area contributed by atoms with Crippen LogP contribution in [-0.4, -0.2) is 20.1 Å². The molecule has 22 heavy (non-hydrogen) atoms. The minimum Gasteiger partial charge on any atom is -0.494 e. The molecule has 0 spiro atoms. The second-order valence-electron chi connectivity index (χ2n) is 5.03. The van der Waals surface area contributed by atoms with Crippen LogP contribution in [0, 0.1) is 12.7 Å². The van der Waals surface area contributed by atoms with Gasteiger partial charge in [0, 0.05) is 17.2 Å². The predicted molar refractivity (Wildman–Crippen MR) is 88.9 cm³/mol. The Labute approximate surface area is 137 Å². The van der Waals surface area contributed by atoms with Crippen molar-refractivity contribution in [2.24, 2.45) is 0 Å². The molecule has 3 nitrogen and oxygen atoms in total. The number of carbonyl (C=O) groups excluding carboxylic acids is 1. The molecule has 0 radical (unpaired) electrons. The Balaban J connectivity index is 2.16. The van der Waals surface area contributed by atoms with Crippen LogP contribution in [0.3, 0.4) is 0 Å². The normalized spacial score (nSPS) is 10.4. The Kier molecular flexibility index (Phi) is 5.19. The van der Waals surface area contributed by atoms with Crippen molar-refractivity contribution >= 4 is 27.5 Å². The molecule has 116 valence electrons. The molecule has 2 rings (SSSR count). The zero-order valence-corrected chi connectivity index (χ0v) is 14.3. The van der Waals surface area contributed by atoms with Crippen molar-refractivity contribution in [2.75, 3.05) is 19.1 Å². The number of ether oxygens (including phenoxy) is 1. The fraction of sp³-hybridized carbons (Fsp3) is 0.235. The summed E-state index contributed by atoms with van der Waals surface area (Å²) in [4.78, 5) is 14.0. The number of carbonyl (C=O) groups is 1. The van der Waals surface area contributed by atoms with Gasteiger partial charge < -0.3 is 9.64 Å². The first-order valence-electron chi connectivity index (χ1n) is 6.77.